The van der Waals surface area contributed by atoms with Gasteiger partial charge in [-0.15, -0.1) is 10.2 Å². The van der Waals surface area contributed by atoms with Gasteiger partial charge in [0.25, 0.3) is 0 Å². The summed E-state index contributed by atoms with van der Waals surface area (Å²) in [7, 11) is 0. The van der Waals surface area contributed by atoms with Gasteiger partial charge >= 0.3 is 0 Å². The number of hydrogen-bond acceptors (Lipinski definition) is 5. The number of nitrogens with zero attached hydrogens (tertiary/aromatic N) is 3. The average Bonchev–Trinajstić information content (AvgIpc) is 2.32. The summed E-state index contributed by atoms with van der Waals surface area (Å²) < 4.78 is 5.40. The number of anilines is 1. The lowest BCUT2D eigenvalue weighted by Crippen LogP contribution is -1.94. The molecule has 2 N–H and O–H groups in total. The zero-order valence-corrected chi connectivity index (χ0v) is 8.29. The first kappa shape index (κ1) is 9.93. The molecule has 0 aliphatic heterocycles. The Morgan fingerprint density at radius 2 is 2.06 bits per heavy atom. The Hall–Kier alpha value is -2.61. The molecule has 0 aliphatic carbocycles. The van der Waals surface area contributed by atoms with Gasteiger partial charge in [-0.3, -0.25) is 0 Å². The maximum absolute atomic E-state index is 8.71. The number of hydrogen-bond donors (Lipinski definition) is 1. The molecule has 0 spiro atoms. The fourth-order valence-electron chi connectivity index (χ4n) is 1.13. The SMILES string of the molecule is N#Cc1cccc(Oc2ccc(N)nn2)c1. The van der Waals surface area contributed by atoms with E-state index in [4.69, 9.17) is 15.7 Å². The molecule has 0 saturated heterocycles. The summed E-state index contributed by atoms with van der Waals surface area (Å²) in [5.41, 5.74) is 5.92. The van der Waals surface area contributed by atoms with Crippen molar-refractivity contribution >= 4 is 5.82 Å². The first-order valence-corrected chi connectivity index (χ1v) is 4.55. The molecule has 1 heterocycles. The highest BCUT2D eigenvalue weighted by atomic mass is 16.5. The molecular weight excluding hydrogens is 204 g/mol. The zero-order valence-electron chi connectivity index (χ0n) is 8.29. The van der Waals surface area contributed by atoms with Crippen LogP contribution in [0.1, 0.15) is 5.56 Å². The van der Waals surface area contributed by atoms with Gasteiger partial charge in [-0.25, -0.2) is 0 Å². The predicted molar refractivity (Wildman–Crippen MR) is 57.7 cm³/mol. The van der Waals surface area contributed by atoms with E-state index in [0.29, 0.717) is 23.0 Å². The summed E-state index contributed by atoms with van der Waals surface area (Å²) in [6.45, 7) is 0. The van der Waals surface area contributed by atoms with Crippen LogP contribution in [0, 0.1) is 11.3 Å². The molecule has 5 heteroatoms. The molecule has 0 amide bonds. The van der Waals surface area contributed by atoms with Gasteiger partial charge in [0, 0.05) is 6.07 Å². The lowest BCUT2D eigenvalue weighted by Gasteiger charge is -2.03. The van der Waals surface area contributed by atoms with Gasteiger partial charge < -0.3 is 10.5 Å². The maximum atomic E-state index is 8.71. The van der Waals surface area contributed by atoms with Crippen LogP contribution in [-0.4, -0.2) is 10.2 Å². The normalized spacial score (nSPS) is 9.44. The number of nitrogen functional groups attached to an aromatic ring is 1. The van der Waals surface area contributed by atoms with E-state index >= 15 is 0 Å². The molecule has 1 aromatic carbocycles. The van der Waals surface area contributed by atoms with Crippen LogP contribution < -0.4 is 10.5 Å². The van der Waals surface area contributed by atoms with E-state index in [9.17, 15) is 0 Å². The molecule has 0 fully saturated rings. The quantitative estimate of drug-likeness (QED) is 0.819. The zero-order chi connectivity index (χ0) is 11.4. The highest BCUT2D eigenvalue weighted by molar-refractivity contribution is 5.38. The Morgan fingerprint density at radius 1 is 1.19 bits per heavy atom. The van der Waals surface area contributed by atoms with E-state index in [2.05, 4.69) is 10.2 Å². The van der Waals surface area contributed by atoms with E-state index in [1.807, 2.05) is 6.07 Å². The molecule has 0 saturated carbocycles. The van der Waals surface area contributed by atoms with Crippen LogP contribution in [0.3, 0.4) is 0 Å². The van der Waals surface area contributed by atoms with E-state index in [1.54, 1.807) is 36.4 Å². The molecule has 0 bridgehead atoms. The van der Waals surface area contributed by atoms with Gasteiger partial charge in [0.2, 0.25) is 5.88 Å². The minimum Gasteiger partial charge on any atom is -0.437 e. The van der Waals surface area contributed by atoms with E-state index in [1.165, 1.54) is 0 Å². The predicted octanol–water partition coefficient (Wildman–Crippen LogP) is 1.72. The Bertz CT molecular complexity index is 530. The highest BCUT2D eigenvalue weighted by Crippen LogP contribution is 2.19. The van der Waals surface area contributed by atoms with E-state index < -0.39 is 0 Å². The molecule has 16 heavy (non-hydrogen) atoms. The van der Waals surface area contributed by atoms with Gasteiger partial charge in [0.15, 0.2) is 0 Å². The van der Waals surface area contributed by atoms with Crippen LogP contribution in [-0.2, 0) is 0 Å². The molecule has 2 rings (SSSR count). The molecule has 78 valence electrons. The summed E-state index contributed by atoms with van der Waals surface area (Å²) in [5, 5.41) is 16.1. The minimum absolute atomic E-state index is 0.332. The first-order valence-electron chi connectivity index (χ1n) is 4.55. The van der Waals surface area contributed by atoms with Gasteiger partial charge in [0.05, 0.1) is 11.6 Å². The van der Waals surface area contributed by atoms with Crippen molar-refractivity contribution in [2.75, 3.05) is 5.73 Å². The Kier molecular flexibility index (Phi) is 2.65. The van der Waals surface area contributed by atoms with E-state index in [0.717, 1.165) is 0 Å². The molecule has 5 nitrogen and oxygen atoms in total. The van der Waals surface area contributed by atoms with Crippen molar-refractivity contribution in [2.45, 2.75) is 0 Å². The number of rotatable bonds is 2. The fraction of sp³-hybridized carbons (Fsp3) is 0. The summed E-state index contributed by atoms with van der Waals surface area (Å²) >= 11 is 0. The summed E-state index contributed by atoms with van der Waals surface area (Å²) in [4.78, 5) is 0. The molecule has 0 radical (unpaired) electrons. The number of nitrogens with two attached hydrogens (primary N) is 1. The highest BCUT2D eigenvalue weighted by Gasteiger charge is 2.00. The second kappa shape index (κ2) is 4.28. The second-order valence-corrected chi connectivity index (χ2v) is 3.04. The van der Waals surface area contributed by atoms with Gasteiger partial charge in [-0.1, -0.05) is 6.07 Å². The van der Waals surface area contributed by atoms with Crippen molar-refractivity contribution in [2.24, 2.45) is 0 Å². The third-order valence-corrected chi connectivity index (χ3v) is 1.85. The lowest BCUT2D eigenvalue weighted by molar-refractivity contribution is 0.455. The maximum Gasteiger partial charge on any atom is 0.238 e. The third-order valence-electron chi connectivity index (χ3n) is 1.85. The van der Waals surface area contributed by atoms with Crippen molar-refractivity contribution in [3.05, 3.63) is 42.0 Å². The van der Waals surface area contributed by atoms with Crippen LogP contribution in [0.5, 0.6) is 11.6 Å². The van der Waals surface area contributed by atoms with Gasteiger partial charge in [-0.05, 0) is 24.3 Å². The van der Waals surface area contributed by atoms with Gasteiger partial charge in [0.1, 0.15) is 11.6 Å². The Labute approximate surface area is 92.1 Å². The standard InChI is InChI=1S/C11H8N4O/c12-7-8-2-1-3-9(6-8)16-11-5-4-10(13)14-15-11/h1-6H,(H2,13,14). The molecular formula is C11H8N4O. The number of ether oxygens (including phenoxy) is 1. The smallest absolute Gasteiger partial charge is 0.238 e. The van der Waals surface area contributed by atoms with Crippen molar-refractivity contribution in [1.82, 2.24) is 10.2 Å². The molecule has 0 atom stereocenters. The van der Waals surface area contributed by atoms with Crippen LogP contribution >= 0.6 is 0 Å². The van der Waals surface area contributed by atoms with Crippen molar-refractivity contribution < 1.29 is 4.74 Å². The van der Waals surface area contributed by atoms with Crippen molar-refractivity contribution in [3.63, 3.8) is 0 Å². The van der Waals surface area contributed by atoms with Gasteiger partial charge in [-0.2, -0.15) is 5.26 Å². The molecule has 2 aromatic rings. The van der Waals surface area contributed by atoms with Crippen LogP contribution in [0.4, 0.5) is 5.82 Å². The lowest BCUT2D eigenvalue weighted by atomic mass is 10.2. The molecule has 0 aliphatic rings. The minimum atomic E-state index is 0.332. The topological polar surface area (TPSA) is 84.8 Å². The Balaban J connectivity index is 2.21. The first-order chi connectivity index (χ1) is 7.78. The molecule has 1 aromatic heterocycles. The summed E-state index contributed by atoms with van der Waals surface area (Å²) in [6, 6.07) is 12.0. The summed E-state index contributed by atoms with van der Waals surface area (Å²) in [5.74, 6) is 1.21. The number of nitriles is 1. The summed E-state index contributed by atoms with van der Waals surface area (Å²) in [6.07, 6.45) is 0. The largest absolute Gasteiger partial charge is 0.437 e. The van der Waals surface area contributed by atoms with Crippen LogP contribution in [0.2, 0.25) is 0 Å². The van der Waals surface area contributed by atoms with Crippen LogP contribution in [0.25, 0.3) is 0 Å². The molecule has 0 unspecified atom stereocenters. The average molecular weight is 212 g/mol. The monoisotopic (exact) mass is 212 g/mol. The Morgan fingerprint density at radius 3 is 2.75 bits per heavy atom. The number of aromatic nitrogens is 2. The second-order valence-electron chi connectivity index (χ2n) is 3.04. The van der Waals surface area contributed by atoms with E-state index in [-0.39, 0.29) is 0 Å². The number of benzene rings is 1. The van der Waals surface area contributed by atoms with Crippen LogP contribution in [0.15, 0.2) is 36.4 Å². The van der Waals surface area contributed by atoms with Crippen molar-refractivity contribution in [1.29, 1.82) is 5.26 Å². The third kappa shape index (κ3) is 2.25. The van der Waals surface area contributed by atoms with Crippen molar-refractivity contribution in [3.8, 4) is 17.7 Å². The fourth-order valence-corrected chi connectivity index (χ4v) is 1.13.